The number of thioether (sulfide) groups is 1. The Labute approximate surface area is 148 Å². The lowest BCUT2D eigenvalue weighted by Crippen LogP contribution is -2.27. The number of aliphatic carboxylic acids is 1. The Kier molecular flexibility index (Phi) is 4.63. The van der Waals surface area contributed by atoms with Crippen LogP contribution in [0.15, 0.2) is 34.5 Å². The second kappa shape index (κ2) is 6.72. The van der Waals surface area contributed by atoms with Crippen molar-refractivity contribution in [3.05, 3.63) is 35.4 Å². The maximum Gasteiger partial charge on any atom is 0.305 e. The van der Waals surface area contributed by atoms with E-state index < -0.39 is 11.2 Å². The molecule has 0 bridgehead atoms. The molecule has 2 aliphatic heterocycles. The number of rotatable bonds is 4. The monoisotopic (exact) mass is 359 g/mol. The highest BCUT2D eigenvalue weighted by Crippen LogP contribution is 2.31. The van der Waals surface area contributed by atoms with Crippen molar-refractivity contribution >= 4 is 41.1 Å². The van der Waals surface area contributed by atoms with E-state index in [9.17, 15) is 9.59 Å². The summed E-state index contributed by atoms with van der Waals surface area (Å²) in [5.74, 6) is -0.573. The Bertz CT molecular complexity index is 814. The topological polar surface area (TPSA) is 100 Å². The fraction of sp³-hybridized carbons (Fsp3) is 0.294. The number of carboxylic acid groups (broad SMARTS) is 1. The molecule has 0 aliphatic carbocycles. The van der Waals surface area contributed by atoms with Crippen molar-refractivity contribution in [1.82, 2.24) is 5.32 Å². The number of hydrogen-bond acceptors (Lipinski definition) is 6. The molecule has 0 spiro atoms. The van der Waals surface area contributed by atoms with Crippen LogP contribution in [-0.2, 0) is 9.59 Å². The van der Waals surface area contributed by atoms with Gasteiger partial charge in [-0.05, 0) is 43.7 Å². The van der Waals surface area contributed by atoms with Crippen LogP contribution < -0.4 is 10.1 Å². The van der Waals surface area contributed by atoms with E-state index >= 15 is 0 Å². The Morgan fingerprint density at radius 2 is 2.28 bits per heavy atom. The van der Waals surface area contributed by atoms with Gasteiger partial charge in [0.2, 0.25) is 5.91 Å². The molecule has 1 aromatic rings. The molecule has 1 fully saturated rings. The molecule has 1 unspecified atom stereocenters. The molecule has 0 saturated carbocycles. The maximum absolute atomic E-state index is 11.6. The van der Waals surface area contributed by atoms with Crippen molar-refractivity contribution in [3.8, 4) is 5.75 Å². The average molecular weight is 359 g/mol. The third kappa shape index (κ3) is 4.27. The summed E-state index contributed by atoms with van der Waals surface area (Å²) in [6.45, 7) is 3.98. The summed E-state index contributed by atoms with van der Waals surface area (Å²) >= 11 is 1.07. The third-order valence-electron chi connectivity index (χ3n) is 3.56. The van der Waals surface area contributed by atoms with Gasteiger partial charge in [0.15, 0.2) is 5.17 Å². The molecule has 0 aromatic heterocycles. The predicted octanol–water partition coefficient (Wildman–Crippen LogP) is 2.27. The highest BCUT2D eigenvalue weighted by Gasteiger charge is 2.32. The van der Waals surface area contributed by atoms with Crippen LogP contribution >= 0.6 is 11.8 Å². The molecule has 130 valence electrons. The van der Waals surface area contributed by atoms with Gasteiger partial charge in [-0.2, -0.15) is 5.10 Å². The Morgan fingerprint density at radius 1 is 1.48 bits per heavy atom. The van der Waals surface area contributed by atoms with E-state index in [0.717, 1.165) is 28.6 Å². The Morgan fingerprint density at radius 3 is 3.04 bits per heavy atom. The first kappa shape index (κ1) is 17.2. The van der Waals surface area contributed by atoms with Gasteiger partial charge in [-0.25, -0.2) is 0 Å². The number of nitrogens with one attached hydrogen (secondary N) is 1. The fourth-order valence-electron chi connectivity index (χ4n) is 2.37. The van der Waals surface area contributed by atoms with E-state index in [-0.39, 0.29) is 17.9 Å². The zero-order chi connectivity index (χ0) is 18.0. The first-order valence-corrected chi connectivity index (χ1v) is 8.53. The van der Waals surface area contributed by atoms with Crippen molar-refractivity contribution in [2.75, 3.05) is 0 Å². The molecule has 0 radical (unpaired) electrons. The Hall–Kier alpha value is -2.61. The van der Waals surface area contributed by atoms with Gasteiger partial charge in [0.05, 0.1) is 12.6 Å². The van der Waals surface area contributed by atoms with E-state index in [1.807, 2.05) is 44.2 Å². The van der Waals surface area contributed by atoms with Crippen LogP contribution in [0.1, 0.15) is 31.4 Å². The van der Waals surface area contributed by atoms with Crippen molar-refractivity contribution in [3.63, 3.8) is 0 Å². The van der Waals surface area contributed by atoms with Crippen molar-refractivity contribution < 1.29 is 19.4 Å². The molecule has 1 aromatic carbocycles. The minimum absolute atomic E-state index is 0.243. The van der Waals surface area contributed by atoms with Crippen LogP contribution in [0.3, 0.4) is 0 Å². The highest BCUT2D eigenvalue weighted by molar-refractivity contribution is 8.15. The van der Waals surface area contributed by atoms with Crippen LogP contribution in [0.2, 0.25) is 0 Å². The summed E-state index contributed by atoms with van der Waals surface area (Å²) in [5.41, 5.74) is 1.48. The van der Waals surface area contributed by atoms with E-state index in [2.05, 4.69) is 15.5 Å². The van der Waals surface area contributed by atoms with Gasteiger partial charge in [0, 0.05) is 5.56 Å². The van der Waals surface area contributed by atoms with Crippen molar-refractivity contribution in [2.45, 2.75) is 31.1 Å². The van der Waals surface area contributed by atoms with Crippen LogP contribution in [0.25, 0.3) is 6.08 Å². The van der Waals surface area contributed by atoms with Crippen molar-refractivity contribution in [2.24, 2.45) is 10.2 Å². The molecule has 2 heterocycles. The first-order valence-electron chi connectivity index (χ1n) is 7.65. The maximum atomic E-state index is 11.6. The zero-order valence-corrected chi connectivity index (χ0v) is 14.5. The lowest BCUT2D eigenvalue weighted by atomic mass is 10.0. The molecule has 2 aliphatic rings. The number of hydrogen-bond donors (Lipinski definition) is 2. The second-order valence-electron chi connectivity index (χ2n) is 6.18. The molecule has 1 saturated heterocycles. The smallest absolute Gasteiger partial charge is 0.305 e. The van der Waals surface area contributed by atoms with E-state index in [1.54, 1.807) is 6.21 Å². The second-order valence-corrected chi connectivity index (χ2v) is 7.37. The van der Waals surface area contributed by atoms with Crippen molar-refractivity contribution in [1.29, 1.82) is 0 Å². The number of amidine groups is 1. The molecule has 7 nitrogen and oxygen atoms in total. The van der Waals surface area contributed by atoms with Gasteiger partial charge in [-0.15, -0.1) is 5.10 Å². The van der Waals surface area contributed by atoms with Gasteiger partial charge < -0.3 is 15.2 Å². The summed E-state index contributed by atoms with van der Waals surface area (Å²) in [6, 6.07) is 5.67. The number of carboxylic acids is 1. The van der Waals surface area contributed by atoms with Crippen LogP contribution in [0.5, 0.6) is 5.75 Å². The fourth-order valence-corrected chi connectivity index (χ4v) is 3.29. The van der Waals surface area contributed by atoms with Gasteiger partial charge in [-0.3, -0.25) is 9.59 Å². The molecule has 1 amide bonds. The van der Waals surface area contributed by atoms with Crippen LogP contribution in [0, 0.1) is 0 Å². The van der Waals surface area contributed by atoms with Gasteiger partial charge >= 0.3 is 5.97 Å². The molecule has 2 N–H and O–H groups in total. The quantitative estimate of drug-likeness (QED) is 0.634. The number of fused-ring (bicyclic) bond motifs is 1. The zero-order valence-electron chi connectivity index (χ0n) is 13.7. The number of nitrogens with zero attached hydrogens (tertiary/aromatic N) is 2. The highest BCUT2D eigenvalue weighted by atomic mass is 32.2. The molecule has 1 atom stereocenters. The Balaban J connectivity index is 1.67. The van der Waals surface area contributed by atoms with E-state index in [0.29, 0.717) is 5.17 Å². The lowest BCUT2D eigenvalue weighted by molar-refractivity contribution is -0.138. The SMILES string of the molecule is CC1(C)C=Cc2cc(C=NN=C3NC(=O)C(CC(=O)O)S3)ccc2O1. The largest absolute Gasteiger partial charge is 0.483 e. The van der Waals surface area contributed by atoms with Crippen LogP contribution in [-0.4, -0.2) is 39.2 Å². The minimum Gasteiger partial charge on any atom is -0.483 e. The minimum atomic E-state index is -1.02. The number of benzene rings is 1. The average Bonchev–Trinajstić information content (AvgIpc) is 2.86. The first-order chi connectivity index (χ1) is 11.8. The van der Waals surface area contributed by atoms with Crippen LogP contribution in [0.4, 0.5) is 0 Å². The normalized spacial score (nSPS) is 22.7. The summed E-state index contributed by atoms with van der Waals surface area (Å²) < 4.78 is 5.86. The van der Waals surface area contributed by atoms with Gasteiger partial charge in [0.25, 0.3) is 0 Å². The molecule has 3 rings (SSSR count). The number of ether oxygens (including phenoxy) is 1. The molecular formula is C17H17N3O4S. The predicted molar refractivity (Wildman–Crippen MR) is 97.0 cm³/mol. The number of amides is 1. The van der Waals surface area contributed by atoms with Gasteiger partial charge in [-0.1, -0.05) is 17.8 Å². The molecular weight excluding hydrogens is 342 g/mol. The number of carbonyl (C=O) groups excluding carboxylic acids is 1. The van der Waals surface area contributed by atoms with Gasteiger partial charge in [0.1, 0.15) is 16.6 Å². The van der Waals surface area contributed by atoms with E-state index in [4.69, 9.17) is 9.84 Å². The molecule has 25 heavy (non-hydrogen) atoms. The summed E-state index contributed by atoms with van der Waals surface area (Å²) in [6.07, 6.45) is 5.32. The summed E-state index contributed by atoms with van der Waals surface area (Å²) in [4.78, 5) is 22.3. The number of carbonyl (C=O) groups is 2. The van der Waals surface area contributed by atoms with E-state index in [1.165, 1.54) is 0 Å². The summed E-state index contributed by atoms with van der Waals surface area (Å²) in [7, 11) is 0. The third-order valence-corrected chi connectivity index (χ3v) is 4.64. The molecule has 8 heteroatoms. The standard InChI is InChI=1S/C17H17N3O4S/c1-17(2)6-5-11-7-10(3-4-12(11)24-17)9-18-20-16-19-15(23)13(25-16)8-14(21)22/h3-7,9,13H,8H2,1-2H3,(H,21,22)(H,19,20,23). The lowest BCUT2D eigenvalue weighted by Gasteiger charge is -2.27. The summed E-state index contributed by atoms with van der Waals surface area (Å²) in [5, 5.41) is 18.8.